The third-order valence-corrected chi connectivity index (χ3v) is 3.22. The highest BCUT2D eigenvalue weighted by molar-refractivity contribution is 5.76. The minimum absolute atomic E-state index is 0.666. The Hall–Kier alpha value is -2.36. The Bertz CT molecular complexity index is 718. The summed E-state index contributed by atoms with van der Waals surface area (Å²) in [5, 5.41) is 0. The van der Waals surface area contributed by atoms with Crippen LogP contribution in [0.25, 0.3) is 11.0 Å². The van der Waals surface area contributed by atoms with Gasteiger partial charge in [-0.1, -0.05) is 18.2 Å². The molecule has 0 amide bonds. The van der Waals surface area contributed by atoms with Crippen LogP contribution in [0.1, 0.15) is 11.4 Å². The number of hydrogen-bond acceptors (Lipinski definition) is 3. The summed E-state index contributed by atoms with van der Waals surface area (Å²) in [4.78, 5) is 8.80. The van der Waals surface area contributed by atoms with Crippen molar-refractivity contribution in [2.45, 2.75) is 13.5 Å². The minimum atomic E-state index is 0.666. The van der Waals surface area contributed by atoms with Crippen molar-refractivity contribution in [3.63, 3.8) is 0 Å². The van der Waals surface area contributed by atoms with E-state index in [4.69, 9.17) is 4.74 Å². The number of para-hydroxylation sites is 2. The second-order valence-corrected chi connectivity index (χ2v) is 4.41. The summed E-state index contributed by atoms with van der Waals surface area (Å²) in [5.41, 5.74) is 3.20. The molecule has 0 unspecified atom stereocenters. The van der Waals surface area contributed by atoms with E-state index in [0.29, 0.717) is 12.4 Å². The highest BCUT2D eigenvalue weighted by Crippen LogP contribution is 2.20. The molecular weight excluding hydrogens is 238 g/mol. The third-order valence-electron chi connectivity index (χ3n) is 3.22. The van der Waals surface area contributed by atoms with Crippen LogP contribution in [0.15, 0.2) is 42.6 Å². The summed E-state index contributed by atoms with van der Waals surface area (Å²) in [6.07, 6.45) is 1.74. The Morgan fingerprint density at radius 2 is 2.00 bits per heavy atom. The lowest BCUT2D eigenvalue weighted by Crippen LogP contribution is -2.04. The van der Waals surface area contributed by atoms with E-state index in [2.05, 4.69) is 20.6 Å². The lowest BCUT2D eigenvalue weighted by Gasteiger charge is -2.10. The van der Waals surface area contributed by atoms with Crippen molar-refractivity contribution in [2.24, 2.45) is 0 Å². The van der Waals surface area contributed by atoms with Gasteiger partial charge in [-0.25, -0.2) is 9.97 Å². The van der Waals surface area contributed by atoms with Crippen LogP contribution in [0.4, 0.5) is 0 Å². The third kappa shape index (κ3) is 2.05. The first kappa shape index (κ1) is 11.7. The van der Waals surface area contributed by atoms with E-state index in [9.17, 15) is 0 Å². The predicted molar refractivity (Wildman–Crippen MR) is 74.4 cm³/mol. The van der Waals surface area contributed by atoms with Crippen molar-refractivity contribution in [3.05, 3.63) is 54.0 Å². The van der Waals surface area contributed by atoms with Crippen molar-refractivity contribution in [1.82, 2.24) is 14.5 Å². The summed E-state index contributed by atoms with van der Waals surface area (Å²) in [7, 11) is 1.64. The van der Waals surface area contributed by atoms with Crippen LogP contribution in [0.2, 0.25) is 0 Å². The van der Waals surface area contributed by atoms with Gasteiger partial charge >= 0.3 is 0 Å². The second kappa shape index (κ2) is 4.72. The number of aromatic nitrogens is 3. The number of hydrogen-bond donors (Lipinski definition) is 0. The van der Waals surface area contributed by atoms with Gasteiger partial charge in [0, 0.05) is 11.8 Å². The van der Waals surface area contributed by atoms with Gasteiger partial charge in [-0.05, 0) is 25.1 Å². The Kier molecular flexibility index (Phi) is 2.91. The van der Waals surface area contributed by atoms with Crippen LogP contribution in [-0.2, 0) is 6.54 Å². The lowest BCUT2D eigenvalue weighted by atomic mass is 10.2. The van der Waals surface area contributed by atoms with Gasteiger partial charge in [0.05, 0.1) is 24.7 Å². The molecule has 3 rings (SSSR count). The van der Waals surface area contributed by atoms with Crippen LogP contribution in [0.5, 0.6) is 5.88 Å². The van der Waals surface area contributed by atoms with Gasteiger partial charge in [0.1, 0.15) is 5.82 Å². The van der Waals surface area contributed by atoms with Crippen molar-refractivity contribution in [1.29, 1.82) is 0 Å². The van der Waals surface area contributed by atoms with Gasteiger partial charge in [-0.2, -0.15) is 0 Å². The maximum atomic E-state index is 5.30. The number of fused-ring (bicyclic) bond motifs is 1. The van der Waals surface area contributed by atoms with Crippen LogP contribution < -0.4 is 4.74 Å². The number of aryl methyl sites for hydroxylation is 1. The van der Waals surface area contributed by atoms with Crippen LogP contribution in [-0.4, -0.2) is 21.6 Å². The molecule has 0 fully saturated rings. The average molecular weight is 253 g/mol. The molecule has 0 aliphatic rings. The Balaban J connectivity index is 2.08. The van der Waals surface area contributed by atoms with E-state index >= 15 is 0 Å². The molecule has 2 heterocycles. The molecule has 0 aliphatic heterocycles. The van der Waals surface area contributed by atoms with Gasteiger partial charge in [-0.3, -0.25) is 0 Å². The second-order valence-electron chi connectivity index (χ2n) is 4.41. The molecule has 0 N–H and O–H groups in total. The zero-order valence-electron chi connectivity index (χ0n) is 11.0. The summed E-state index contributed by atoms with van der Waals surface area (Å²) >= 11 is 0. The van der Waals surface area contributed by atoms with E-state index in [1.165, 1.54) is 0 Å². The maximum Gasteiger partial charge on any atom is 0.218 e. The molecule has 0 atom stereocenters. The first-order valence-corrected chi connectivity index (χ1v) is 6.19. The molecule has 0 bridgehead atoms. The molecule has 3 aromatic rings. The number of rotatable bonds is 3. The van der Waals surface area contributed by atoms with Crippen molar-refractivity contribution < 1.29 is 4.74 Å². The van der Waals surface area contributed by atoms with Crippen molar-refractivity contribution >= 4 is 11.0 Å². The number of methoxy groups -OCH3 is 1. The van der Waals surface area contributed by atoms with Crippen molar-refractivity contribution in [2.75, 3.05) is 7.11 Å². The minimum Gasteiger partial charge on any atom is -0.481 e. The van der Waals surface area contributed by atoms with Gasteiger partial charge in [-0.15, -0.1) is 0 Å². The molecule has 0 aliphatic carbocycles. The van der Waals surface area contributed by atoms with E-state index in [1.54, 1.807) is 13.3 Å². The molecule has 0 spiro atoms. The van der Waals surface area contributed by atoms with Gasteiger partial charge in [0.25, 0.3) is 0 Å². The molecule has 1 aromatic carbocycles. The Morgan fingerprint density at radius 1 is 1.16 bits per heavy atom. The number of benzene rings is 1. The molecule has 4 heteroatoms. The number of pyridine rings is 1. The van der Waals surface area contributed by atoms with Crippen molar-refractivity contribution in [3.8, 4) is 5.88 Å². The van der Waals surface area contributed by atoms with Crippen LogP contribution >= 0.6 is 0 Å². The fraction of sp³-hybridized carbons (Fsp3) is 0.200. The Morgan fingerprint density at radius 3 is 2.84 bits per heavy atom. The summed E-state index contributed by atoms with van der Waals surface area (Å²) in [6, 6.07) is 12.1. The quantitative estimate of drug-likeness (QED) is 0.720. The molecule has 96 valence electrons. The molecule has 4 nitrogen and oxygen atoms in total. The first-order chi connectivity index (χ1) is 9.29. The van der Waals surface area contributed by atoms with E-state index in [0.717, 1.165) is 22.4 Å². The molecule has 0 saturated carbocycles. The monoisotopic (exact) mass is 253 g/mol. The number of ether oxygens (including phenoxy) is 1. The normalized spacial score (nSPS) is 10.8. The summed E-state index contributed by atoms with van der Waals surface area (Å²) < 4.78 is 7.48. The molecule has 0 radical (unpaired) electrons. The predicted octanol–water partition coefficient (Wildman–Crippen LogP) is 2.80. The molecular formula is C15H15N3O. The number of nitrogens with zero attached hydrogens (tertiary/aromatic N) is 3. The summed E-state index contributed by atoms with van der Waals surface area (Å²) in [6.45, 7) is 2.73. The highest BCUT2D eigenvalue weighted by Gasteiger charge is 2.10. The smallest absolute Gasteiger partial charge is 0.218 e. The summed E-state index contributed by atoms with van der Waals surface area (Å²) in [5.74, 6) is 1.66. The van der Waals surface area contributed by atoms with Crippen LogP contribution in [0, 0.1) is 6.92 Å². The van der Waals surface area contributed by atoms with E-state index < -0.39 is 0 Å². The maximum absolute atomic E-state index is 5.30. The Labute approximate surface area is 111 Å². The zero-order valence-corrected chi connectivity index (χ0v) is 11.0. The van der Waals surface area contributed by atoms with Gasteiger partial charge in [0.2, 0.25) is 5.88 Å². The van der Waals surface area contributed by atoms with E-state index in [-0.39, 0.29) is 0 Å². The molecule has 19 heavy (non-hydrogen) atoms. The molecule has 2 aromatic heterocycles. The SMILES string of the molecule is COc1ncccc1Cn1c(C)nc2ccccc21. The standard InChI is InChI=1S/C15H15N3O/c1-11-17-13-7-3-4-8-14(13)18(11)10-12-6-5-9-16-15(12)19-2/h3-9H,10H2,1-2H3. The number of imidazole rings is 1. The zero-order chi connectivity index (χ0) is 13.2. The first-order valence-electron chi connectivity index (χ1n) is 6.19. The fourth-order valence-corrected chi connectivity index (χ4v) is 2.29. The fourth-order valence-electron chi connectivity index (χ4n) is 2.29. The molecule has 0 saturated heterocycles. The largest absolute Gasteiger partial charge is 0.481 e. The van der Waals surface area contributed by atoms with Gasteiger partial charge in [0.15, 0.2) is 0 Å². The van der Waals surface area contributed by atoms with Crippen LogP contribution in [0.3, 0.4) is 0 Å². The topological polar surface area (TPSA) is 39.9 Å². The van der Waals surface area contributed by atoms with E-state index in [1.807, 2.05) is 37.3 Å². The lowest BCUT2D eigenvalue weighted by molar-refractivity contribution is 0.391. The highest BCUT2D eigenvalue weighted by atomic mass is 16.5. The average Bonchev–Trinajstić information content (AvgIpc) is 2.76. The van der Waals surface area contributed by atoms with Gasteiger partial charge < -0.3 is 9.30 Å².